The van der Waals surface area contributed by atoms with E-state index in [2.05, 4.69) is 48.3 Å². The fraction of sp³-hybridized carbons (Fsp3) is 0.333. The van der Waals surface area contributed by atoms with Gasteiger partial charge in [-0.05, 0) is 43.0 Å². The monoisotopic (exact) mass is 302 g/mol. The molecule has 2 aromatic rings. The maximum atomic E-state index is 6.35. The van der Waals surface area contributed by atoms with Crippen LogP contribution in [0.15, 0.2) is 48.5 Å². The molecule has 2 nitrogen and oxygen atoms in total. The van der Waals surface area contributed by atoms with Gasteiger partial charge in [0.25, 0.3) is 0 Å². The van der Waals surface area contributed by atoms with E-state index < -0.39 is 0 Å². The van der Waals surface area contributed by atoms with Crippen LogP contribution < -0.4 is 10.6 Å². The molecule has 21 heavy (non-hydrogen) atoms. The van der Waals surface area contributed by atoms with Gasteiger partial charge in [0.05, 0.1) is 0 Å². The number of hydrogen-bond donors (Lipinski definition) is 1. The molecule has 0 bridgehead atoms. The topological polar surface area (TPSA) is 29.3 Å². The number of halogens is 1. The maximum Gasteiger partial charge on any atom is 0.0459 e. The Bertz CT molecular complexity index is 567. The first-order valence-electron chi connectivity index (χ1n) is 7.35. The van der Waals surface area contributed by atoms with Gasteiger partial charge in [-0.3, -0.25) is 0 Å². The lowest BCUT2D eigenvalue weighted by molar-refractivity contribution is 0.738. The van der Waals surface area contributed by atoms with Crippen LogP contribution in [0, 0.1) is 0 Å². The van der Waals surface area contributed by atoms with Gasteiger partial charge in [-0.25, -0.2) is 0 Å². The minimum absolute atomic E-state index is 0.129. The summed E-state index contributed by atoms with van der Waals surface area (Å²) in [7, 11) is 2.10. The first kappa shape index (κ1) is 15.9. The smallest absolute Gasteiger partial charge is 0.0459 e. The minimum atomic E-state index is 0.129. The molecule has 2 rings (SSSR count). The Hall–Kier alpha value is -1.51. The van der Waals surface area contributed by atoms with Gasteiger partial charge >= 0.3 is 0 Å². The predicted molar refractivity (Wildman–Crippen MR) is 92.2 cm³/mol. The van der Waals surface area contributed by atoms with Crippen LogP contribution in [0.3, 0.4) is 0 Å². The Morgan fingerprint density at radius 2 is 1.86 bits per heavy atom. The van der Waals surface area contributed by atoms with E-state index in [1.54, 1.807) is 0 Å². The molecule has 0 saturated heterocycles. The van der Waals surface area contributed by atoms with Crippen molar-refractivity contribution >= 4 is 17.3 Å². The van der Waals surface area contributed by atoms with Crippen molar-refractivity contribution < 1.29 is 0 Å². The molecule has 0 saturated carbocycles. The molecule has 1 atom stereocenters. The third kappa shape index (κ3) is 4.76. The molecule has 0 aromatic heterocycles. The molecule has 0 spiro atoms. The fourth-order valence-electron chi connectivity index (χ4n) is 2.36. The lowest BCUT2D eigenvalue weighted by Crippen LogP contribution is -2.21. The van der Waals surface area contributed by atoms with Crippen molar-refractivity contribution in [3.63, 3.8) is 0 Å². The quantitative estimate of drug-likeness (QED) is 0.876. The summed E-state index contributed by atoms with van der Waals surface area (Å²) in [6, 6.07) is 16.9. The molecule has 0 radical (unpaired) electrons. The molecular weight excluding hydrogens is 280 g/mol. The summed E-state index contributed by atoms with van der Waals surface area (Å²) in [6.45, 7) is 2.96. The summed E-state index contributed by atoms with van der Waals surface area (Å²) >= 11 is 6.35. The zero-order valence-corrected chi connectivity index (χ0v) is 13.5. The van der Waals surface area contributed by atoms with E-state index in [1.807, 2.05) is 19.1 Å². The molecule has 0 amide bonds. The van der Waals surface area contributed by atoms with E-state index in [1.165, 1.54) is 5.56 Å². The average Bonchev–Trinajstić information content (AvgIpc) is 2.47. The van der Waals surface area contributed by atoms with Crippen LogP contribution in [-0.2, 0) is 12.8 Å². The molecule has 0 fully saturated rings. The van der Waals surface area contributed by atoms with E-state index >= 15 is 0 Å². The van der Waals surface area contributed by atoms with E-state index in [0.29, 0.717) is 0 Å². The Morgan fingerprint density at radius 3 is 2.48 bits per heavy atom. The van der Waals surface area contributed by atoms with Crippen LogP contribution >= 0.6 is 11.6 Å². The maximum absolute atomic E-state index is 6.35. The summed E-state index contributed by atoms with van der Waals surface area (Å²) in [6.07, 6.45) is 1.84. The number of nitrogens with zero attached hydrogens (tertiary/aromatic N) is 1. The van der Waals surface area contributed by atoms with Crippen LogP contribution in [0.2, 0.25) is 5.02 Å². The van der Waals surface area contributed by atoms with Crippen molar-refractivity contribution in [3.05, 3.63) is 64.7 Å². The standard InChI is InChI=1S/C18H23ClN2/c1-14(20)12-16-8-9-17(13-18(16)19)21(2)11-10-15-6-4-3-5-7-15/h3-9,13-14H,10-12,20H2,1-2H3. The lowest BCUT2D eigenvalue weighted by atomic mass is 10.1. The largest absolute Gasteiger partial charge is 0.374 e. The van der Waals surface area contributed by atoms with E-state index in [-0.39, 0.29) is 6.04 Å². The number of rotatable bonds is 6. The number of nitrogens with two attached hydrogens (primary N) is 1. The van der Waals surface area contributed by atoms with Crippen LogP contribution in [0.5, 0.6) is 0 Å². The van der Waals surface area contributed by atoms with E-state index in [0.717, 1.165) is 35.7 Å². The zero-order chi connectivity index (χ0) is 15.2. The highest BCUT2D eigenvalue weighted by Crippen LogP contribution is 2.24. The van der Waals surface area contributed by atoms with Gasteiger partial charge in [-0.15, -0.1) is 0 Å². The van der Waals surface area contributed by atoms with Crippen LogP contribution in [0.4, 0.5) is 5.69 Å². The summed E-state index contributed by atoms with van der Waals surface area (Å²) < 4.78 is 0. The van der Waals surface area contributed by atoms with Gasteiger partial charge < -0.3 is 10.6 Å². The van der Waals surface area contributed by atoms with Crippen molar-refractivity contribution in [1.29, 1.82) is 0 Å². The number of hydrogen-bond acceptors (Lipinski definition) is 2. The van der Waals surface area contributed by atoms with Crippen molar-refractivity contribution in [2.75, 3.05) is 18.5 Å². The van der Waals surface area contributed by atoms with Gasteiger partial charge in [0, 0.05) is 30.3 Å². The van der Waals surface area contributed by atoms with Gasteiger partial charge in [-0.2, -0.15) is 0 Å². The second kappa shape index (κ2) is 7.48. The summed E-state index contributed by atoms with van der Waals surface area (Å²) in [5.41, 5.74) is 9.45. The third-order valence-corrected chi connectivity index (χ3v) is 3.95. The molecule has 0 aliphatic rings. The Kier molecular flexibility index (Phi) is 5.66. The molecule has 0 aliphatic carbocycles. The van der Waals surface area contributed by atoms with Gasteiger partial charge in [0.2, 0.25) is 0 Å². The molecule has 112 valence electrons. The second-order valence-corrected chi connectivity index (χ2v) is 6.02. The normalized spacial score (nSPS) is 12.2. The lowest BCUT2D eigenvalue weighted by Gasteiger charge is -2.20. The third-order valence-electron chi connectivity index (χ3n) is 3.60. The van der Waals surface area contributed by atoms with Crippen molar-refractivity contribution in [2.24, 2.45) is 5.73 Å². The molecule has 2 aromatic carbocycles. The highest BCUT2D eigenvalue weighted by Gasteiger charge is 2.07. The molecule has 1 unspecified atom stereocenters. The first-order valence-corrected chi connectivity index (χ1v) is 7.73. The molecule has 3 heteroatoms. The highest BCUT2D eigenvalue weighted by atomic mass is 35.5. The van der Waals surface area contributed by atoms with Crippen LogP contribution in [0.1, 0.15) is 18.1 Å². The van der Waals surface area contributed by atoms with Gasteiger partial charge in [0.15, 0.2) is 0 Å². The summed E-state index contributed by atoms with van der Waals surface area (Å²) in [5.74, 6) is 0. The average molecular weight is 303 g/mol. The Morgan fingerprint density at radius 1 is 1.14 bits per heavy atom. The van der Waals surface area contributed by atoms with E-state index in [4.69, 9.17) is 17.3 Å². The summed E-state index contributed by atoms with van der Waals surface area (Å²) in [4.78, 5) is 2.23. The SMILES string of the molecule is CC(N)Cc1ccc(N(C)CCc2ccccc2)cc1Cl. The van der Waals surface area contributed by atoms with Crippen LogP contribution in [0.25, 0.3) is 0 Å². The van der Waals surface area contributed by atoms with Gasteiger partial charge in [0.1, 0.15) is 0 Å². The van der Waals surface area contributed by atoms with E-state index in [9.17, 15) is 0 Å². The second-order valence-electron chi connectivity index (χ2n) is 5.61. The number of benzene rings is 2. The highest BCUT2D eigenvalue weighted by molar-refractivity contribution is 6.31. The predicted octanol–water partition coefficient (Wildman–Crippen LogP) is 3.91. The molecular formula is C18H23ClN2. The number of anilines is 1. The van der Waals surface area contributed by atoms with Crippen molar-refractivity contribution in [1.82, 2.24) is 0 Å². The first-order chi connectivity index (χ1) is 10.1. The Balaban J connectivity index is 1.99. The summed E-state index contributed by atoms with van der Waals surface area (Å²) in [5, 5.41) is 0.802. The van der Waals surface area contributed by atoms with Gasteiger partial charge in [-0.1, -0.05) is 48.0 Å². The minimum Gasteiger partial charge on any atom is -0.374 e. The molecule has 2 N–H and O–H groups in total. The van der Waals surface area contributed by atoms with Crippen LogP contribution in [-0.4, -0.2) is 19.6 Å². The van der Waals surface area contributed by atoms with Crippen molar-refractivity contribution in [2.45, 2.75) is 25.8 Å². The van der Waals surface area contributed by atoms with Crippen molar-refractivity contribution in [3.8, 4) is 0 Å². The Labute approximate surface area is 132 Å². The molecule has 0 heterocycles. The number of likely N-dealkylation sites (N-methyl/N-ethyl adjacent to an activating group) is 1. The molecule has 0 aliphatic heterocycles. The zero-order valence-electron chi connectivity index (χ0n) is 12.7. The fourth-order valence-corrected chi connectivity index (χ4v) is 2.61.